The molecule has 118 valence electrons. The number of likely N-dealkylation sites (N-methyl/N-ethyl adjacent to an activating group) is 2. The number of hydrogen-bond donors (Lipinski definition) is 1. The molecule has 1 aromatic heterocycles. The maximum Gasteiger partial charge on any atom is 0.247 e. The van der Waals surface area contributed by atoms with Gasteiger partial charge in [0.15, 0.2) is 0 Å². The highest BCUT2D eigenvalue weighted by atomic mass is 32.3. The molecule has 0 amide bonds. The van der Waals surface area contributed by atoms with E-state index in [1.807, 2.05) is 20.2 Å². The van der Waals surface area contributed by atoms with Crippen molar-refractivity contribution in [3.63, 3.8) is 0 Å². The number of nitrogens with two attached hydrogens (primary N) is 1. The molecule has 0 saturated heterocycles. The molecule has 0 saturated carbocycles. The van der Waals surface area contributed by atoms with Gasteiger partial charge in [-0.25, -0.2) is 13.6 Å². The summed E-state index contributed by atoms with van der Waals surface area (Å²) in [5, 5.41) is 5.19. The van der Waals surface area contributed by atoms with Gasteiger partial charge in [0.1, 0.15) is 4.21 Å². The monoisotopic (exact) mass is 349 g/mol. The second-order valence-electron chi connectivity index (χ2n) is 4.81. The van der Waals surface area contributed by atoms with Crippen molar-refractivity contribution in [1.29, 1.82) is 0 Å². The van der Waals surface area contributed by atoms with E-state index < -0.39 is 10.0 Å². The number of nitrogens with zero attached hydrogens (tertiary/aromatic N) is 2. The van der Waals surface area contributed by atoms with Crippen molar-refractivity contribution in [3.8, 4) is 0 Å². The molecule has 2 heterocycles. The van der Waals surface area contributed by atoms with Gasteiger partial charge in [-0.05, 0) is 31.1 Å². The van der Waals surface area contributed by atoms with Crippen LogP contribution in [0.1, 0.15) is 5.56 Å². The summed E-state index contributed by atoms with van der Waals surface area (Å²) in [6, 6.07) is 1.64. The quantitative estimate of drug-likeness (QED) is 0.780. The first-order valence-corrected chi connectivity index (χ1v) is 9.41. The fourth-order valence-electron chi connectivity index (χ4n) is 1.88. The Labute approximate surface area is 133 Å². The van der Waals surface area contributed by atoms with Crippen molar-refractivity contribution >= 4 is 39.4 Å². The second kappa shape index (κ2) is 6.67. The molecular formula is C12H19N3O3S3. The molecule has 21 heavy (non-hydrogen) atoms. The molecule has 0 spiro atoms. The van der Waals surface area contributed by atoms with E-state index in [2.05, 4.69) is 9.21 Å². The lowest BCUT2D eigenvalue weighted by molar-refractivity contribution is 0.164. The summed E-state index contributed by atoms with van der Waals surface area (Å²) in [7, 11) is 2.04. The fourth-order valence-corrected chi connectivity index (χ4v) is 5.10. The molecule has 1 aliphatic heterocycles. The van der Waals surface area contributed by atoms with Crippen LogP contribution in [0.3, 0.4) is 0 Å². The van der Waals surface area contributed by atoms with Crippen LogP contribution in [0.5, 0.6) is 0 Å². The van der Waals surface area contributed by atoms with Crippen LogP contribution in [-0.2, 0) is 14.8 Å². The van der Waals surface area contributed by atoms with Crippen molar-refractivity contribution in [1.82, 2.24) is 9.21 Å². The summed E-state index contributed by atoms with van der Waals surface area (Å²) in [6.45, 7) is 2.29. The number of hydrogen-bond acceptors (Lipinski definition) is 7. The Morgan fingerprint density at radius 1 is 1.48 bits per heavy atom. The SMILES string of the molecule is COCCN(C)CC1=Cc2cc(S(N)(=O)=O)sc2SN1C. The minimum atomic E-state index is -3.64. The Balaban J connectivity index is 2.19. The van der Waals surface area contributed by atoms with Gasteiger partial charge in [-0.15, -0.1) is 11.3 Å². The first-order valence-electron chi connectivity index (χ1n) is 6.27. The number of rotatable bonds is 6. The molecule has 1 aromatic rings. The van der Waals surface area contributed by atoms with Gasteiger partial charge >= 0.3 is 0 Å². The molecule has 0 atom stereocenters. The molecule has 2 rings (SSSR count). The molecule has 2 N–H and O–H groups in total. The molecule has 0 unspecified atom stereocenters. The predicted molar refractivity (Wildman–Crippen MR) is 86.7 cm³/mol. The summed E-state index contributed by atoms with van der Waals surface area (Å²) < 4.78 is 31.1. The topological polar surface area (TPSA) is 75.9 Å². The van der Waals surface area contributed by atoms with Crippen LogP contribution in [0.2, 0.25) is 0 Å². The van der Waals surface area contributed by atoms with Crippen molar-refractivity contribution in [3.05, 3.63) is 17.3 Å². The van der Waals surface area contributed by atoms with Gasteiger partial charge in [0.2, 0.25) is 10.0 Å². The number of ether oxygens (including phenoxy) is 1. The lowest BCUT2D eigenvalue weighted by Crippen LogP contribution is -2.29. The molecule has 0 bridgehead atoms. The van der Waals surface area contributed by atoms with Gasteiger partial charge in [-0.3, -0.25) is 4.90 Å². The van der Waals surface area contributed by atoms with E-state index in [1.54, 1.807) is 13.2 Å². The van der Waals surface area contributed by atoms with E-state index in [0.717, 1.165) is 28.6 Å². The number of thiophene rings is 1. The molecule has 0 fully saturated rings. The van der Waals surface area contributed by atoms with Gasteiger partial charge in [-0.2, -0.15) is 0 Å². The standard InChI is InChI=1S/C12H19N3O3S3/c1-14(4-5-18-3)8-10-6-9-7-11(21(13,16)17)19-12(9)20-15(10)2/h6-7H,4-5,8H2,1-3H3,(H2,13,16,17). The van der Waals surface area contributed by atoms with Crippen LogP contribution in [-0.4, -0.2) is 58.5 Å². The lowest BCUT2D eigenvalue weighted by Gasteiger charge is -2.28. The van der Waals surface area contributed by atoms with E-state index >= 15 is 0 Å². The fraction of sp³-hybridized carbons (Fsp3) is 0.500. The van der Waals surface area contributed by atoms with Crippen LogP contribution in [0, 0.1) is 0 Å². The smallest absolute Gasteiger partial charge is 0.247 e. The van der Waals surface area contributed by atoms with E-state index in [9.17, 15) is 8.42 Å². The van der Waals surface area contributed by atoms with Crippen molar-refractivity contribution < 1.29 is 13.2 Å². The zero-order chi connectivity index (χ0) is 15.6. The molecule has 0 aromatic carbocycles. The van der Waals surface area contributed by atoms with E-state index in [-0.39, 0.29) is 4.21 Å². The molecule has 0 radical (unpaired) electrons. The van der Waals surface area contributed by atoms with Gasteiger partial charge < -0.3 is 9.04 Å². The average Bonchev–Trinajstić information content (AvgIpc) is 2.79. The van der Waals surface area contributed by atoms with Crippen molar-refractivity contribution in [2.75, 3.05) is 40.9 Å². The number of primary sulfonamides is 1. The zero-order valence-corrected chi connectivity index (χ0v) is 14.6. The van der Waals surface area contributed by atoms with Crippen LogP contribution < -0.4 is 5.14 Å². The largest absolute Gasteiger partial charge is 0.383 e. The second-order valence-corrected chi connectivity index (χ2v) is 9.05. The molecule has 6 nitrogen and oxygen atoms in total. The average molecular weight is 350 g/mol. The van der Waals surface area contributed by atoms with Crippen molar-refractivity contribution in [2.24, 2.45) is 5.14 Å². The Morgan fingerprint density at radius 2 is 2.19 bits per heavy atom. The predicted octanol–water partition coefficient (Wildman–Crippen LogP) is 1.27. The number of methoxy groups -OCH3 is 1. The van der Waals surface area contributed by atoms with Gasteiger partial charge in [0.25, 0.3) is 0 Å². The summed E-state index contributed by atoms with van der Waals surface area (Å²) in [5.41, 5.74) is 2.03. The third-order valence-electron chi connectivity index (χ3n) is 3.04. The van der Waals surface area contributed by atoms with Crippen LogP contribution in [0.15, 0.2) is 20.2 Å². The highest BCUT2D eigenvalue weighted by molar-refractivity contribution is 7.99. The Kier molecular flexibility index (Phi) is 5.33. The maximum atomic E-state index is 11.4. The Morgan fingerprint density at radius 3 is 2.81 bits per heavy atom. The highest BCUT2D eigenvalue weighted by Gasteiger charge is 2.23. The van der Waals surface area contributed by atoms with Gasteiger partial charge in [0.05, 0.1) is 10.8 Å². The van der Waals surface area contributed by atoms with E-state index in [0.29, 0.717) is 6.61 Å². The Hall–Kier alpha value is -0.580. The molecule has 1 aliphatic rings. The highest BCUT2D eigenvalue weighted by Crippen LogP contribution is 2.41. The lowest BCUT2D eigenvalue weighted by atomic mass is 10.2. The van der Waals surface area contributed by atoms with Crippen molar-refractivity contribution in [2.45, 2.75) is 8.42 Å². The molecule has 0 aliphatic carbocycles. The van der Waals surface area contributed by atoms with Gasteiger partial charge in [-0.1, -0.05) is 0 Å². The summed E-state index contributed by atoms with van der Waals surface area (Å²) in [6.07, 6.45) is 2.01. The number of fused-ring (bicyclic) bond motifs is 1. The minimum Gasteiger partial charge on any atom is -0.383 e. The summed E-state index contributed by atoms with van der Waals surface area (Å²) in [5.74, 6) is 0. The first-order chi connectivity index (χ1) is 9.81. The first kappa shape index (κ1) is 16.8. The third-order valence-corrected chi connectivity index (χ3v) is 6.79. The minimum absolute atomic E-state index is 0.207. The zero-order valence-electron chi connectivity index (χ0n) is 12.2. The summed E-state index contributed by atoms with van der Waals surface area (Å²) in [4.78, 5) is 2.16. The maximum absolute atomic E-state index is 11.4. The van der Waals surface area contributed by atoms with E-state index in [1.165, 1.54) is 23.3 Å². The van der Waals surface area contributed by atoms with Crippen LogP contribution in [0.4, 0.5) is 0 Å². The molecular weight excluding hydrogens is 330 g/mol. The molecule has 9 heteroatoms. The third kappa shape index (κ3) is 4.21. The Bertz CT molecular complexity index is 639. The van der Waals surface area contributed by atoms with Gasteiger partial charge in [0, 0.05) is 38.5 Å². The number of sulfonamides is 1. The van der Waals surface area contributed by atoms with Crippen LogP contribution >= 0.6 is 23.3 Å². The normalized spacial score (nSPS) is 15.3. The van der Waals surface area contributed by atoms with E-state index in [4.69, 9.17) is 9.88 Å². The summed E-state index contributed by atoms with van der Waals surface area (Å²) >= 11 is 2.74. The van der Waals surface area contributed by atoms with Crippen LogP contribution in [0.25, 0.3) is 6.08 Å².